The lowest BCUT2D eigenvalue weighted by Gasteiger charge is -2.41. The predicted octanol–water partition coefficient (Wildman–Crippen LogP) is 3.30. The van der Waals surface area contributed by atoms with Crippen LogP contribution in [0.15, 0.2) is 11.4 Å². The molecule has 1 aromatic rings. The highest BCUT2D eigenvalue weighted by atomic mass is 32.1. The summed E-state index contributed by atoms with van der Waals surface area (Å²) in [7, 11) is 0. The molecular formula is C15H24N2OS. The summed E-state index contributed by atoms with van der Waals surface area (Å²) in [4.78, 5) is 1.41. The van der Waals surface area contributed by atoms with Crippen molar-refractivity contribution >= 4 is 11.3 Å². The molecular weight excluding hydrogens is 256 g/mol. The Morgan fingerprint density at radius 2 is 2.26 bits per heavy atom. The van der Waals surface area contributed by atoms with Crippen molar-refractivity contribution in [1.82, 2.24) is 5.43 Å². The van der Waals surface area contributed by atoms with Crippen molar-refractivity contribution in [2.75, 3.05) is 6.61 Å². The van der Waals surface area contributed by atoms with Crippen LogP contribution >= 0.6 is 11.3 Å². The van der Waals surface area contributed by atoms with Crippen LogP contribution in [0.1, 0.15) is 55.0 Å². The van der Waals surface area contributed by atoms with Gasteiger partial charge in [0.05, 0.1) is 11.6 Å². The molecule has 3 rings (SSSR count). The van der Waals surface area contributed by atoms with Crippen LogP contribution in [0.3, 0.4) is 0 Å². The summed E-state index contributed by atoms with van der Waals surface area (Å²) in [5.41, 5.74) is 4.61. The highest BCUT2D eigenvalue weighted by Gasteiger charge is 2.42. The third kappa shape index (κ3) is 2.59. The van der Waals surface area contributed by atoms with Gasteiger partial charge in [-0.25, -0.2) is 0 Å². The van der Waals surface area contributed by atoms with E-state index >= 15 is 0 Å². The van der Waals surface area contributed by atoms with Crippen LogP contribution in [-0.4, -0.2) is 12.2 Å². The molecule has 1 saturated heterocycles. The van der Waals surface area contributed by atoms with E-state index in [-0.39, 0.29) is 5.60 Å². The first-order valence-corrected chi connectivity index (χ1v) is 8.26. The smallest absolute Gasteiger partial charge is 0.0686 e. The third-order valence-corrected chi connectivity index (χ3v) is 5.98. The lowest BCUT2D eigenvalue weighted by atomic mass is 9.80. The van der Waals surface area contributed by atoms with Crippen molar-refractivity contribution in [3.8, 4) is 0 Å². The van der Waals surface area contributed by atoms with Gasteiger partial charge in [0, 0.05) is 11.5 Å². The molecule has 2 fully saturated rings. The molecule has 3 N–H and O–H groups in total. The summed E-state index contributed by atoms with van der Waals surface area (Å²) in [6.07, 6.45) is 7.42. The fraction of sp³-hybridized carbons (Fsp3) is 0.733. The average Bonchev–Trinajstić information content (AvgIpc) is 3.02. The average molecular weight is 280 g/mol. The molecule has 3 nitrogen and oxygen atoms in total. The molecule has 19 heavy (non-hydrogen) atoms. The first kappa shape index (κ1) is 13.6. The molecule has 2 heterocycles. The summed E-state index contributed by atoms with van der Waals surface area (Å²) in [5, 5.41) is 2.17. The second-order valence-electron chi connectivity index (χ2n) is 6.10. The Balaban J connectivity index is 1.78. The van der Waals surface area contributed by atoms with E-state index in [1.807, 2.05) is 11.3 Å². The lowest BCUT2D eigenvalue weighted by Crippen LogP contribution is -2.43. The van der Waals surface area contributed by atoms with Crippen LogP contribution < -0.4 is 11.3 Å². The molecule has 2 unspecified atom stereocenters. The van der Waals surface area contributed by atoms with E-state index in [4.69, 9.17) is 10.6 Å². The Morgan fingerprint density at radius 3 is 2.89 bits per heavy atom. The summed E-state index contributed by atoms with van der Waals surface area (Å²) in [6, 6.07) is 2.48. The van der Waals surface area contributed by atoms with Gasteiger partial charge in [0.2, 0.25) is 0 Å². The van der Waals surface area contributed by atoms with Crippen molar-refractivity contribution in [3.63, 3.8) is 0 Å². The maximum Gasteiger partial charge on any atom is 0.0686 e. The summed E-state index contributed by atoms with van der Waals surface area (Å²) in [5.74, 6) is 6.47. The van der Waals surface area contributed by atoms with Gasteiger partial charge in [0.15, 0.2) is 0 Å². The monoisotopic (exact) mass is 280 g/mol. The molecule has 1 aromatic heterocycles. The van der Waals surface area contributed by atoms with Crippen molar-refractivity contribution in [1.29, 1.82) is 0 Å². The second kappa shape index (κ2) is 5.52. The number of rotatable bonds is 3. The van der Waals surface area contributed by atoms with Gasteiger partial charge in [-0.05, 0) is 55.5 Å². The fourth-order valence-electron chi connectivity index (χ4n) is 3.85. The molecule has 0 amide bonds. The standard InChI is InChI=1S/C15H24N2OS/c1-11-5-9-19-14(11)13(17-16)12-4-8-18-15(10-12)6-2-3-7-15/h5,9,12-13,17H,2-4,6-8,10,16H2,1H3. The highest BCUT2D eigenvalue weighted by molar-refractivity contribution is 7.10. The molecule has 106 valence electrons. The maximum atomic E-state index is 6.13. The van der Waals surface area contributed by atoms with Gasteiger partial charge in [-0.1, -0.05) is 12.8 Å². The van der Waals surface area contributed by atoms with Gasteiger partial charge in [-0.15, -0.1) is 11.3 Å². The van der Waals surface area contributed by atoms with Gasteiger partial charge < -0.3 is 4.74 Å². The van der Waals surface area contributed by atoms with Gasteiger partial charge in [0.25, 0.3) is 0 Å². The van der Waals surface area contributed by atoms with Crippen LogP contribution in [-0.2, 0) is 4.74 Å². The summed E-state index contributed by atoms with van der Waals surface area (Å²) < 4.78 is 6.13. The molecule has 4 heteroatoms. The molecule has 0 radical (unpaired) electrons. The second-order valence-corrected chi connectivity index (χ2v) is 7.05. The van der Waals surface area contributed by atoms with Crippen LogP contribution in [0.4, 0.5) is 0 Å². The number of hydrogen-bond donors (Lipinski definition) is 2. The molecule has 1 aliphatic carbocycles. The minimum atomic E-state index is 0.170. The Morgan fingerprint density at radius 1 is 1.47 bits per heavy atom. The van der Waals surface area contributed by atoms with Crippen LogP contribution in [0.5, 0.6) is 0 Å². The Bertz CT molecular complexity index is 426. The zero-order chi connectivity index (χ0) is 13.3. The minimum absolute atomic E-state index is 0.170. The van der Waals surface area contributed by atoms with Crippen LogP contribution in [0.25, 0.3) is 0 Å². The molecule has 0 bridgehead atoms. The number of thiophene rings is 1. The van der Waals surface area contributed by atoms with Gasteiger partial charge in [-0.2, -0.15) is 0 Å². The van der Waals surface area contributed by atoms with E-state index < -0.39 is 0 Å². The molecule has 2 atom stereocenters. The molecule has 1 aliphatic heterocycles. The third-order valence-electron chi connectivity index (χ3n) is 4.88. The van der Waals surface area contributed by atoms with Crippen molar-refractivity contribution < 1.29 is 4.74 Å². The molecule has 0 aromatic carbocycles. The summed E-state index contributed by atoms with van der Waals surface area (Å²) in [6.45, 7) is 3.08. The zero-order valence-corrected chi connectivity index (χ0v) is 12.5. The van der Waals surface area contributed by atoms with E-state index in [0.717, 1.165) is 13.0 Å². The van der Waals surface area contributed by atoms with Crippen molar-refractivity contribution in [3.05, 3.63) is 21.9 Å². The lowest BCUT2D eigenvalue weighted by molar-refractivity contribution is -0.0980. The predicted molar refractivity (Wildman–Crippen MR) is 79.0 cm³/mol. The molecule has 2 aliphatic rings. The first-order chi connectivity index (χ1) is 9.24. The Labute approximate surface area is 119 Å². The highest BCUT2D eigenvalue weighted by Crippen LogP contribution is 2.46. The first-order valence-electron chi connectivity index (χ1n) is 7.38. The zero-order valence-electron chi connectivity index (χ0n) is 11.7. The topological polar surface area (TPSA) is 47.3 Å². The maximum absolute atomic E-state index is 6.13. The normalized spacial score (nSPS) is 27.8. The number of nitrogens with two attached hydrogens (primary N) is 1. The van der Waals surface area contributed by atoms with Gasteiger partial charge in [-0.3, -0.25) is 11.3 Å². The van der Waals surface area contributed by atoms with Gasteiger partial charge >= 0.3 is 0 Å². The van der Waals surface area contributed by atoms with Crippen LogP contribution in [0, 0.1) is 12.8 Å². The Hall–Kier alpha value is -0.420. The largest absolute Gasteiger partial charge is 0.375 e. The minimum Gasteiger partial charge on any atom is -0.375 e. The van der Waals surface area contributed by atoms with Crippen molar-refractivity contribution in [2.45, 2.75) is 57.1 Å². The number of ether oxygens (including phenoxy) is 1. The van der Waals surface area contributed by atoms with E-state index in [2.05, 4.69) is 23.8 Å². The summed E-state index contributed by atoms with van der Waals surface area (Å²) >= 11 is 1.82. The molecule has 1 saturated carbocycles. The van der Waals surface area contributed by atoms with E-state index in [1.165, 1.54) is 42.5 Å². The fourth-order valence-corrected chi connectivity index (χ4v) is 4.93. The van der Waals surface area contributed by atoms with E-state index in [9.17, 15) is 0 Å². The number of hydrogen-bond acceptors (Lipinski definition) is 4. The number of nitrogens with one attached hydrogen (secondary N) is 1. The SMILES string of the molecule is Cc1ccsc1C(NN)C1CCOC2(CCCC2)C1. The van der Waals surface area contributed by atoms with E-state index in [0.29, 0.717) is 12.0 Å². The van der Waals surface area contributed by atoms with Crippen molar-refractivity contribution in [2.24, 2.45) is 11.8 Å². The molecule has 1 spiro atoms. The number of aryl methyl sites for hydroxylation is 1. The number of hydrazine groups is 1. The van der Waals surface area contributed by atoms with Crippen LogP contribution in [0.2, 0.25) is 0 Å². The van der Waals surface area contributed by atoms with Gasteiger partial charge in [0.1, 0.15) is 0 Å². The Kier molecular flexibility index (Phi) is 3.94. The van der Waals surface area contributed by atoms with E-state index in [1.54, 1.807) is 0 Å². The quantitative estimate of drug-likeness (QED) is 0.659.